The van der Waals surface area contributed by atoms with Crippen LogP contribution >= 0.6 is 14.5 Å². The van der Waals surface area contributed by atoms with E-state index in [9.17, 15) is 0 Å². The number of benzene rings is 2. The van der Waals surface area contributed by atoms with Crippen molar-refractivity contribution in [3.8, 4) is 0 Å². The van der Waals surface area contributed by atoms with E-state index in [1.807, 2.05) is 0 Å². The summed E-state index contributed by atoms with van der Waals surface area (Å²) in [5.41, 5.74) is 2.96. The molecule has 2 aromatic rings. The molecule has 26 heavy (non-hydrogen) atoms. The maximum absolute atomic E-state index is 8.53. The standard InChI is InChI=1S/2C10H16P.BHO3/c2*1-11(2,3)9-10-7-5-4-6-8-10;2-1(3)4/h2*4-8H,9H2,1-3H3;2H/q2*+1;-2. The Morgan fingerprint density at radius 3 is 1.08 bits per heavy atom. The molecule has 0 aliphatic rings. The second kappa shape index (κ2) is 12.6. The Morgan fingerprint density at radius 1 is 0.654 bits per heavy atom. The summed E-state index contributed by atoms with van der Waals surface area (Å²) in [6.07, 6.45) is 2.54. The molecule has 0 saturated carbocycles. The van der Waals surface area contributed by atoms with Gasteiger partial charge in [-0.15, -0.1) is 0 Å². The molecule has 0 atom stereocenters. The molecular weight excluding hydrogens is 361 g/mol. The quantitative estimate of drug-likeness (QED) is 0.641. The normalized spacial score (nSPS) is 10.8. The smallest absolute Gasteiger partial charge is 0.0834 e. The Kier molecular flexibility index (Phi) is 12.2. The molecule has 0 amide bonds. The van der Waals surface area contributed by atoms with Gasteiger partial charge in [-0.2, -0.15) is 0 Å². The maximum Gasteiger partial charge on any atom is 0.0834 e. The maximum atomic E-state index is 8.53. The summed E-state index contributed by atoms with van der Waals surface area (Å²) in [6, 6.07) is 21.5. The zero-order chi connectivity index (χ0) is 20.2. The van der Waals surface area contributed by atoms with Gasteiger partial charge >= 0.3 is 0 Å². The van der Waals surface area contributed by atoms with E-state index >= 15 is 0 Å². The Bertz CT molecular complexity index is 525. The highest BCUT2D eigenvalue weighted by Crippen LogP contribution is 2.50. The first-order chi connectivity index (χ1) is 11.9. The van der Waals surface area contributed by atoms with Crippen molar-refractivity contribution in [3.63, 3.8) is 0 Å². The lowest BCUT2D eigenvalue weighted by atomic mass is 10.2. The molecule has 144 valence electrons. The summed E-state index contributed by atoms with van der Waals surface area (Å²) in [4.78, 5) is 0. The van der Waals surface area contributed by atoms with Crippen LogP contribution in [0.2, 0.25) is 0 Å². The average molecular weight is 394 g/mol. The number of rotatable bonds is 4. The molecule has 0 fully saturated rings. The van der Waals surface area contributed by atoms with E-state index < -0.39 is 21.8 Å². The predicted octanol–water partition coefficient (Wildman–Crippen LogP) is 2.87. The topological polar surface area (TPSA) is 66.3 Å². The SMILES string of the molecule is C[P+](C)(C)Cc1ccccc1.C[P+](C)(C)Cc1ccccc1.[O-]B([O-])O. The van der Waals surface area contributed by atoms with Crippen LogP contribution in [0.3, 0.4) is 0 Å². The van der Waals surface area contributed by atoms with Gasteiger partial charge in [-0.1, -0.05) is 60.7 Å². The van der Waals surface area contributed by atoms with Gasteiger partial charge in [-0.05, 0) is 11.1 Å². The molecule has 0 aromatic heterocycles. The lowest BCUT2D eigenvalue weighted by molar-refractivity contribution is -0.376. The minimum Gasteiger partial charge on any atom is -0.871 e. The first-order valence-corrected chi connectivity index (χ1v) is 15.2. The third-order valence-electron chi connectivity index (χ3n) is 3.00. The van der Waals surface area contributed by atoms with Crippen LogP contribution in [0, 0.1) is 0 Å². The Morgan fingerprint density at radius 2 is 0.885 bits per heavy atom. The van der Waals surface area contributed by atoms with Gasteiger partial charge in [0.2, 0.25) is 0 Å². The number of hydrogen-bond donors (Lipinski definition) is 1. The molecule has 3 nitrogen and oxygen atoms in total. The van der Waals surface area contributed by atoms with Crippen LogP contribution in [0.5, 0.6) is 0 Å². The fraction of sp³-hybridized carbons (Fsp3) is 0.400. The minimum atomic E-state index is -2.67. The zero-order valence-corrected chi connectivity index (χ0v) is 18.7. The average Bonchev–Trinajstić information content (AvgIpc) is 2.46. The zero-order valence-electron chi connectivity index (χ0n) is 16.9. The highest BCUT2D eigenvalue weighted by molar-refractivity contribution is 7.73. The summed E-state index contributed by atoms with van der Waals surface area (Å²) < 4.78 is 0. The second-order valence-corrected chi connectivity index (χ2v) is 18.0. The van der Waals surface area contributed by atoms with E-state index in [0.29, 0.717) is 0 Å². The van der Waals surface area contributed by atoms with Crippen LogP contribution in [0.15, 0.2) is 60.7 Å². The van der Waals surface area contributed by atoms with Gasteiger partial charge in [-0.25, -0.2) is 0 Å². The Balaban J connectivity index is 0.000000401. The molecule has 0 spiro atoms. The molecule has 0 saturated heterocycles. The van der Waals surface area contributed by atoms with Crippen molar-refractivity contribution < 1.29 is 15.1 Å². The Labute approximate surface area is 161 Å². The van der Waals surface area contributed by atoms with Crippen molar-refractivity contribution >= 4 is 21.8 Å². The van der Waals surface area contributed by atoms with E-state index in [0.717, 1.165) is 0 Å². The summed E-state index contributed by atoms with van der Waals surface area (Å²) in [5.74, 6) is 0. The molecule has 0 unspecified atom stereocenters. The molecule has 0 radical (unpaired) electrons. The molecule has 0 aliphatic carbocycles. The fourth-order valence-corrected chi connectivity index (χ4v) is 4.87. The largest absolute Gasteiger partial charge is 0.871 e. The van der Waals surface area contributed by atoms with Crippen molar-refractivity contribution in [1.82, 2.24) is 0 Å². The first kappa shape index (κ1) is 25.2. The molecule has 2 aromatic carbocycles. The predicted molar refractivity (Wildman–Crippen MR) is 118 cm³/mol. The minimum absolute atomic E-state index is 0.638. The highest BCUT2D eigenvalue weighted by atomic mass is 31.2. The summed E-state index contributed by atoms with van der Waals surface area (Å²) in [7, 11) is -3.94. The van der Waals surface area contributed by atoms with Crippen molar-refractivity contribution in [3.05, 3.63) is 71.8 Å². The lowest BCUT2D eigenvalue weighted by Gasteiger charge is -2.13. The molecular formula is C20H33BO3P2. The van der Waals surface area contributed by atoms with Crippen LogP contribution < -0.4 is 10.0 Å². The Hall–Kier alpha value is -0.755. The third kappa shape index (κ3) is 18.0. The van der Waals surface area contributed by atoms with Crippen molar-refractivity contribution in [2.24, 2.45) is 0 Å². The van der Waals surface area contributed by atoms with Crippen LogP contribution in [0.25, 0.3) is 0 Å². The summed E-state index contributed by atoms with van der Waals surface area (Å²) in [6.45, 7) is 14.2. The van der Waals surface area contributed by atoms with Gasteiger partial charge in [0, 0.05) is 54.5 Å². The monoisotopic (exact) mass is 394 g/mol. The summed E-state index contributed by atoms with van der Waals surface area (Å²) in [5, 5.41) is 24.0. The highest BCUT2D eigenvalue weighted by Gasteiger charge is 2.17. The molecule has 1 N–H and O–H groups in total. The van der Waals surface area contributed by atoms with Gasteiger partial charge in [0.25, 0.3) is 0 Å². The molecule has 2 rings (SSSR count). The van der Waals surface area contributed by atoms with Crippen LogP contribution in [0.1, 0.15) is 11.1 Å². The fourth-order valence-electron chi connectivity index (χ4n) is 2.26. The van der Waals surface area contributed by atoms with Gasteiger partial charge in [0.1, 0.15) is 0 Å². The van der Waals surface area contributed by atoms with Gasteiger partial charge in [-0.3, -0.25) is 0 Å². The van der Waals surface area contributed by atoms with E-state index in [2.05, 4.69) is 101 Å². The second-order valence-electron chi connectivity index (χ2n) is 8.18. The van der Waals surface area contributed by atoms with Gasteiger partial charge in [0.15, 0.2) is 0 Å². The van der Waals surface area contributed by atoms with Crippen molar-refractivity contribution in [1.29, 1.82) is 0 Å². The van der Waals surface area contributed by atoms with E-state index in [4.69, 9.17) is 15.1 Å². The lowest BCUT2D eigenvalue weighted by Crippen LogP contribution is -2.44. The van der Waals surface area contributed by atoms with E-state index in [1.54, 1.807) is 0 Å². The van der Waals surface area contributed by atoms with Crippen molar-refractivity contribution in [2.75, 3.05) is 40.0 Å². The molecule has 0 bridgehead atoms. The summed E-state index contributed by atoms with van der Waals surface area (Å²) >= 11 is 0. The van der Waals surface area contributed by atoms with E-state index in [1.165, 1.54) is 23.5 Å². The molecule has 6 heteroatoms. The third-order valence-corrected chi connectivity index (χ3v) is 5.63. The molecule has 0 heterocycles. The van der Waals surface area contributed by atoms with Crippen molar-refractivity contribution in [2.45, 2.75) is 12.3 Å². The number of hydrogen-bond acceptors (Lipinski definition) is 3. The van der Waals surface area contributed by atoms with E-state index in [-0.39, 0.29) is 0 Å². The van der Waals surface area contributed by atoms with Crippen LogP contribution in [-0.2, 0) is 12.3 Å². The molecule has 0 aliphatic heterocycles. The van der Waals surface area contributed by atoms with Crippen LogP contribution in [-0.4, -0.2) is 52.3 Å². The van der Waals surface area contributed by atoms with Gasteiger partial charge < -0.3 is 15.1 Å². The van der Waals surface area contributed by atoms with Crippen LogP contribution in [0.4, 0.5) is 0 Å². The van der Waals surface area contributed by atoms with Gasteiger partial charge in [0.05, 0.1) is 19.6 Å². The first-order valence-electron chi connectivity index (χ1n) is 8.57.